The van der Waals surface area contributed by atoms with Gasteiger partial charge >= 0.3 is 0 Å². The Balaban J connectivity index is 0.963. The third-order valence-electron chi connectivity index (χ3n) is 25.3. The van der Waals surface area contributed by atoms with Crippen LogP contribution in [0, 0.1) is 0 Å². The Morgan fingerprint density at radius 3 is 1.20 bits per heavy atom. The second-order valence-electron chi connectivity index (χ2n) is 35.6. The zero-order chi connectivity index (χ0) is 93.5. The van der Waals surface area contributed by atoms with Crippen LogP contribution in [0.3, 0.4) is 0 Å². The van der Waals surface area contributed by atoms with Crippen molar-refractivity contribution in [2.75, 3.05) is 46.2 Å². The smallest absolute Gasteiger partial charge is 0.220 e. The van der Waals surface area contributed by atoms with Crippen LogP contribution in [0.15, 0.2) is 12.2 Å². The van der Waals surface area contributed by atoms with Gasteiger partial charge in [0.15, 0.2) is 44.0 Å². The molecule has 40 nitrogen and oxygen atoms in total. The van der Waals surface area contributed by atoms with Crippen molar-refractivity contribution in [2.24, 2.45) is 0 Å². The van der Waals surface area contributed by atoms with Crippen LogP contribution in [-0.2, 0) is 80.7 Å². The van der Waals surface area contributed by atoms with Crippen LogP contribution in [0.5, 0.6) is 0 Å². The molecule has 128 heavy (non-hydrogen) atoms. The van der Waals surface area contributed by atoms with E-state index in [0.29, 0.717) is 12.8 Å². The minimum Gasteiger partial charge on any atom is -0.394 e. The summed E-state index contributed by atoms with van der Waals surface area (Å²) in [6.07, 6.45) is -22.3. The van der Waals surface area contributed by atoms with Gasteiger partial charge in [-0.05, 0) is 26.2 Å². The summed E-state index contributed by atoms with van der Waals surface area (Å²) in [6.45, 7) is 1.31. The molecule has 7 aliphatic heterocycles. The minimum atomic E-state index is -2.30. The third-order valence-corrected chi connectivity index (χ3v) is 25.3. The van der Waals surface area contributed by atoms with Crippen molar-refractivity contribution in [2.45, 2.75) is 480 Å². The Labute approximate surface area is 751 Å². The number of hydrogen-bond donors (Lipinski definition) is 23. The fourth-order valence-electron chi connectivity index (χ4n) is 17.6. The van der Waals surface area contributed by atoms with Crippen LogP contribution in [0.2, 0.25) is 0 Å². The lowest BCUT2D eigenvalue weighted by molar-refractivity contribution is -0.387. The van der Waals surface area contributed by atoms with Gasteiger partial charge in [-0.15, -0.1) is 0 Å². The van der Waals surface area contributed by atoms with Crippen molar-refractivity contribution in [3.05, 3.63) is 12.2 Å². The van der Waals surface area contributed by atoms with Crippen molar-refractivity contribution in [3.63, 3.8) is 0 Å². The molecular weight excluding hydrogens is 1690 g/mol. The Morgan fingerprint density at radius 1 is 0.336 bits per heavy atom. The van der Waals surface area contributed by atoms with Gasteiger partial charge in [-0.2, -0.15) is 0 Å². The Hall–Kier alpha value is -3.21. The molecule has 7 heterocycles. The maximum atomic E-state index is 13.6. The average Bonchev–Trinajstić information content (AvgIpc) is 0.769. The van der Waals surface area contributed by atoms with Gasteiger partial charge in [0.2, 0.25) is 17.7 Å². The Morgan fingerprint density at radius 2 is 0.711 bits per heavy atom. The number of unbranched alkanes of at least 4 members (excludes halogenated alkanes) is 31. The lowest BCUT2D eigenvalue weighted by atomic mass is 9.93. The first-order valence-corrected chi connectivity index (χ1v) is 47.3. The number of ether oxygens (including phenoxy) is 14. The van der Waals surface area contributed by atoms with E-state index < -0.39 is 285 Å². The number of carbonyl (C=O) groups excluding carboxylic acids is 3. The fourth-order valence-corrected chi connectivity index (χ4v) is 17.6. The number of hydrogen-bond acceptors (Lipinski definition) is 37. The van der Waals surface area contributed by atoms with Gasteiger partial charge < -0.3 is 184 Å². The maximum absolute atomic E-state index is 13.6. The molecule has 23 N–H and O–H groups in total. The highest BCUT2D eigenvalue weighted by molar-refractivity contribution is 5.76. The predicted molar refractivity (Wildman–Crippen MR) is 453 cm³/mol. The van der Waals surface area contributed by atoms with Gasteiger partial charge in [0, 0.05) is 20.3 Å². The minimum absolute atomic E-state index is 0.173. The van der Waals surface area contributed by atoms with Crippen molar-refractivity contribution in [3.8, 4) is 0 Å². The van der Waals surface area contributed by atoms with E-state index in [-0.39, 0.29) is 12.3 Å². The van der Waals surface area contributed by atoms with Crippen molar-refractivity contribution >= 4 is 17.7 Å². The van der Waals surface area contributed by atoms with Crippen molar-refractivity contribution in [1.29, 1.82) is 0 Å². The average molecular weight is 1850 g/mol. The van der Waals surface area contributed by atoms with E-state index >= 15 is 0 Å². The summed E-state index contributed by atoms with van der Waals surface area (Å²) in [6, 6.07) is -4.67. The summed E-state index contributed by atoms with van der Waals surface area (Å²) < 4.78 is 83.3. The molecule has 0 aromatic heterocycles. The number of allylic oxidation sites excluding steroid dienone is 1. The molecule has 3 amide bonds. The molecule has 0 aromatic carbocycles. The van der Waals surface area contributed by atoms with Crippen LogP contribution in [0.1, 0.15) is 253 Å². The van der Waals surface area contributed by atoms with Crippen LogP contribution in [0.4, 0.5) is 0 Å². The van der Waals surface area contributed by atoms with Crippen molar-refractivity contribution < 1.29 is 183 Å². The van der Waals surface area contributed by atoms with Gasteiger partial charge in [-0.25, -0.2) is 0 Å². The number of aliphatic hydroxyl groups is 20. The molecule has 0 aromatic rings. The first kappa shape index (κ1) is 112. The van der Waals surface area contributed by atoms with E-state index in [1.807, 2.05) is 6.08 Å². The number of nitrogens with one attached hydrogen (secondary N) is 3. The van der Waals surface area contributed by atoms with Crippen LogP contribution >= 0.6 is 0 Å². The first-order chi connectivity index (χ1) is 61.5. The number of aliphatic hydroxyl groups excluding tert-OH is 20. The summed E-state index contributed by atoms with van der Waals surface area (Å²) >= 11 is 0. The first-order valence-electron chi connectivity index (χ1n) is 47.3. The number of carbonyl (C=O) groups is 3. The van der Waals surface area contributed by atoms with Crippen LogP contribution in [-0.4, -0.2) is 393 Å². The largest absolute Gasteiger partial charge is 0.394 e. The van der Waals surface area contributed by atoms with E-state index in [1.54, 1.807) is 6.08 Å². The normalized spacial score (nSPS) is 37.7. The molecule has 7 fully saturated rings. The molecule has 0 spiro atoms. The molecule has 0 radical (unpaired) electrons. The number of amides is 3. The highest BCUT2D eigenvalue weighted by atomic mass is 16.8. The second-order valence-corrected chi connectivity index (χ2v) is 35.6. The highest BCUT2D eigenvalue weighted by Crippen LogP contribution is 2.39. The molecular formula is C88H159N3O37. The molecule has 37 atom stereocenters. The van der Waals surface area contributed by atoms with Gasteiger partial charge in [0.1, 0.15) is 165 Å². The van der Waals surface area contributed by atoms with Crippen LogP contribution < -0.4 is 16.0 Å². The standard InChI is InChI=1S/C88H159N3O37/c1-6-8-10-12-14-16-18-20-21-22-23-24-25-26-27-29-31-33-35-37-39-41-60(100)91-52(53(99)40-38-36-34-32-30-28-19-17-15-13-11-9-7-2)47-115-85-73(111)70(108)76(56(44-94)121-85)125-87-74(112)71(109)77(57(45-95)122-87)126-88-75(113)80(66(104)55(43-93)119-88)128-84-61(89-50(4)97)67(105)65(103)59(123-84)48-116-83-62(90-51(5)98)79(124-81-69(107)63(101)49(3)117-82(81)114)78(58(46-96)120-83)127-86-72(110)68(106)64(102)54(42-92)118-86/h38,40,49,52-59,61-88,92-96,99,101-114H,6-37,39,41-48H2,1-5H3,(H,89,97)(H,90,98)(H,91,100)/b40-38+/t49?,52-,53+,54?,55?,56?,57?,58?,59?,61?,62?,63+,64-,65-,66-,67+,68-,69?,70+,71+,72?,73?,74?,75?,76+,77-,78+,79+,80-,81-,82+,83+,84-,85+,86-,87-,88-/m0/s1. The van der Waals surface area contributed by atoms with Gasteiger partial charge in [0.25, 0.3) is 0 Å². The SMILES string of the molecule is CCCCCCCCCCCCC/C=C/[C@@H](O)[C@H](CO[C@@H]1OC(CO)[C@@H](O[C@@H]2OC(CO)[C@H](O[C@@H]3OC(CO)[C@H](O)[C@H](O[C@@H]4OC(CO[C@@H]5OC(CO)[C@@H](O[C@@H]6OC(CO)[C@H](O)[C@H](O)C6O)[C@H](O[C@H]6C(O)[C@H](O)C(C)O[C@H]6O)C5NC(C)=O)[C@H](O)[C@H](O)C4NC(C)=O)C3O)[C@H](O)C2O)[C@H](O)C1O)NC(=O)CCCCCCCCCCCCCCCCCCCCCCC. The van der Waals surface area contributed by atoms with Gasteiger partial charge in [0.05, 0.1) is 64.5 Å². The van der Waals surface area contributed by atoms with E-state index in [0.717, 1.165) is 65.2 Å². The van der Waals surface area contributed by atoms with Gasteiger partial charge in [-0.3, -0.25) is 14.4 Å². The summed E-state index contributed by atoms with van der Waals surface area (Å²) in [5.74, 6) is -2.08. The second kappa shape index (κ2) is 59.7. The maximum Gasteiger partial charge on any atom is 0.220 e. The number of rotatable bonds is 60. The summed E-state index contributed by atoms with van der Waals surface area (Å²) in [7, 11) is 0. The monoisotopic (exact) mass is 1850 g/mol. The third kappa shape index (κ3) is 34.2. The molecule has 14 unspecified atom stereocenters. The molecule has 40 heteroatoms. The predicted octanol–water partition coefficient (Wildman–Crippen LogP) is -1.23. The molecule has 7 rings (SSSR count). The zero-order valence-electron chi connectivity index (χ0n) is 75.4. The van der Waals surface area contributed by atoms with Gasteiger partial charge in [-0.1, -0.05) is 219 Å². The van der Waals surface area contributed by atoms with Crippen molar-refractivity contribution in [1.82, 2.24) is 16.0 Å². The molecule has 0 aliphatic carbocycles. The fraction of sp³-hybridized carbons (Fsp3) is 0.943. The van der Waals surface area contributed by atoms with Crippen LogP contribution in [0.25, 0.3) is 0 Å². The molecule has 7 saturated heterocycles. The molecule has 748 valence electrons. The van der Waals surface area contributed by atoms with E-state index in [2.05, 4.69) is 29.8 Å². The lowest BCUT2D eigenvalue weighted by Gasteiger charge is -2.51. The molecule has 0 bridgehead atoms. The summed E-state index contributed by atoms with van der Waals surface area (Å²) in [5.41, 5.74) is 0. The lowest BCUT2D eigenvalue weighted by Crippen LogP contribution is -2.70. The highest BCUT2D eigenvalue weighted by Gasteiger charge is 2.59. The molecule has 7 aliphatic rings. The topological polar surface area (TPSA) is 621 Å². The Bertz CT molecular complexity index is 3020. The zero-order valence-corrected chi connectivity index (χ0v) is 75.4. The quantitative estimate of drug-likeness (QED) is 0.0250. The summed E-state index contributed by atoms with van der Waals surface area (Å²) in [5, 5.41) is 232. The molecule has 0 saturated carbocycles. The van der Waals surface area contributed by atoms with E-state index in [9.17, 15) is 117 Å². The Kier molecular flexibility index (Phi) is 52.2. The summed E-state index contributed by atoms with van der Waals surface area (Å²) in [4.78, 5) is 39.6. The van der Waals surface area contributed by atoms with E-state index in [4.69, 9.17) is 66.3 Å². The van der Waals surface area contributed by atoms with E-state index in [1.165, 1.54) is 155 Å².